The van der Waals surface area contributed by atoms with Gasteiger partial charge >= 0.3 is 0 Å². The molecule has 0 bridgehead atoms. The molecule has 9 nitrogen and oxygen atoms in total. The molecule has 1 heterocycles. The zero-order chi connectivity index (χ0) is 20.9. The highest BCUT2D eigenvalue weighted by Crippen LogP contribution is 2.30. The largest absolute Gasteiger partial charge is 0.495 e. The summed E-state index contributed by atoms with van der Waals surface area (Å²) in [5.41, 5.74) is 1.33. The molecule has 0 unspecified atom stereocenters. The zero-order valence-electron chi connectivity index (χ0n) is 15.6. The number of hydrogen-bond donors (Lipinski definition) is 2. The van der Waals surface area contributed by atoms with Crippen molar-refractivity contribution in [1.29, 1.82) is 0 Å². The van der Waals surface area contributed by atoms with E-state index in [0.717, 1.165) is 18.0 Å². The van der Waals surface area contributed by atoms with E-state index in [1.54, 1.807) is 48.5 Å². The molecule has 0 saturated carbocycles. The fourth-order valence-electron chi connectivity index (χ4n) is 2.40. The minimum absolute atomic E-state index is 0.0446. The third-order valence-electron chi connectivity index (χ3n) is 3.57. The fraction of sp³-hybridized carbons (Fsp3) is 0.167. The molecule has 1 aromatic heterocycles. The second-order valence-electron chi connectivity index (χ2n) is 5.83. The summed E-state index contributed by atoms with van der Waals surface area (Å²) in [6.07, 6.45) is 1.05. The molecule has 0 saturated heterocycles. The van der Waals surface area contributed by atoms with Gasteiger partial charge in [0.2, 0.25) is 15.9 Å². The summed E-state index contributed by atoms with van der Waals surface area (Å²) < 4.78 is 36.2. The molecule has 1 amide bonds. The summed E-state index contributed by atoms with van der Waals surface area (Å²) in [6.45, 7) is 0. The Kier molecular flexibility index (Phi) is 6.39. The van der Waals surface area contributed by atoms with E-state index in [2.05, 4.69) is 20.2 Å². The SMILES string of the molecule is COc1ccccc1NC(=O)CSc1nnc(-c2ccccc2NS(C)(=O)=O)o1. The number of sulfonamides is 1. The van der Waals surface area contributed by atoms with Crippen LogP contribution in [0.4, 0.5) is 11.4 Å². The molecule has 3 aromatic rings. The van der Waals surface area contributed by atoms with Crippen molar-refractivity contribution in [2.24, 2.45) is 0 Å². The van der Waals surface area contributed by atoms with Crippen molar-refractivity contribution in [3.8, 4) is 17.2 Å². The van der Waals surface area contributed by atoms with E-state index in [-0.39, 0.29) is 22.8 Å². The molecule has 0 aliphatic rings. The van der Waals surface area contributed by atoms with Gasteiger partial charge in [-0.25, -0.2) is 8.42 Å². The van der Waals surface area contributed by atoms with E-state index >= 15 is 0 Å². The van der Waals surface area contributed by atoms with Crippen molar-refractivity contribution in [2.45, 2.75) is 5.22 Å². The van der Waals surface area contributed by atoms with Crippen molar-refractivity contribution >= 4 is 39.1 Å². The molecule has 0 atom stereocenters. The molecule has 2 aromatic carbocycles. The number of para-hydroxylation sites is 3. The van der Waals surface area contributed by atoms with Crippen LogP contribution in [0.3, 0.4) is 0 Å². The van der Waals surface area contributed by atoms with Crippen LogP contribution in [0.25, 0.3) is 11.5 Å². The van der Waals surface area contributed by atoms with Gasteiger partial charge in [0.25, 0.3) is 11.1 Å². The van der Waals surface area contributed by atoms with Gasteiger partial charge in [-0.15, -0.1) is 10.2 Å². The van der Waals surface area contributed by atoms with Gasteiger partial charge in [0.05, 0.1) is 36.1 Å². The Morgan fingerprint density at radius 2 is 1.79 bits per heavy atom. The summed E-state index contributed by atoms with van der Waals surface area (Å²) in [6, 6.07) is 13.7. The van der Waals surface area contributed by atoms with Crippen molar-refractivity contribution in [3.05, 3.63) is 48.5 Å². The number of anilines is 2. The minimum Gasteiger partial charge on any atom is -0.495 e. The Morgan fingerprint density at radius 3 is 2.52 bits per heavy atom. The topological polar surface area (TPSA) is 123 Å². The summed E-state index contributed by atoms with van der Waals surface area (Å²) in [5.74, 6) is 0.479. The van der Waals surface area contributed by atoms with Crippen LogP contribution in [-0.4, -0.2) is 43.6 Å². The lowest BCUT2D eigenvalue weighted by atomic mass is 10.2. The van der Waals surface area contributed by atoms with Crippen molar-refractivity contribution in [3.63, 3.8) is 0 Å². The molecule has 0 aliphatic carbocycles. The van der Waals surface area contributed by atoms with Gasteiger partial charge in [-0.1, -0.05) is 36.0 Å². The molecule has 0 spiro atoms. The molecule has 0 fully saturated rings. The monoisotopic (exact) mass is 434 g/mol. The molecule has 152 valence electrons. The first-order valence-electron chi connectivity index (χ1n) is 8.32. The van der Waals surface area contributed by atoms with Crippen LogP contribution in [0.15, 0.2) is 58.2 Å². The average molecular weight is 434 g/mol. The van der Waals surface area contributed by atoms with Crippen LogP contribution in [0, 0.1) is 0 Å². The van der Waals surface area contributed by atoms with E-state index < -0.39 is 10.0 Å². The Balaban J connectivity index is 1.66. The summed E-state index contributed by atoms with van der Waals surface area (Å²) >= 11 is 1.06. The normalized spacial score (nSPS) is 11.1. The number of methoxy groups -OCH3 is 1. The lowest BCUT2D eigenvalue weighted by Gasteiger charge is -2.08. The van der Waals surface area contributed by atoms with Crippen molar-refractivity contribution < 1.29 is 22.4 Å². The Morgan fingerprint density at radius 1 is 1.10 bits per heavy atom. The zero-order valence-corrected chi connectivity index (χ0v) is 17.2. The molecule has 0 aliphatic heterocycles. The number of thioether (sulfide) groups is 1. The van der Waals surface area contributed by atoms with Gasteiger partial charge in [-0.2, -0.15) is 0 Å². The molecular weight excluding hydrogens is 416 g/mol. The lowest BCUT2D eigenvalue weighted by Crippen LogP contribution is -2.14. The van der Waals surface area contributed by atoms with Gasteiger partial charge in [0, 0.05) is 0 Å². The van der Waals surface area contributed by atoms with Gasteiger partial charge in [-0.05, 0) is 24.3 Å². The van der Waals surface area contributed by atoms with E-state index in [0.29, 0.717) is 22.7 Å². The number of benzene rings is 2. The maximum absolute atomic E-state index is 12.2. The first-order valence-corrected chi connectivity index (χ1v) is 11.2. The van der Waals surface area contributed by atoms with Crippen LogP contribution in [0.1, 0.15) is 0 Å². The van der Waals surface area contributed by atoms with E-state index in [1.165, 1.54) is 7.11 Å². The highest BCUT2D eigenvalue weighted by atomic mass is 32.2. The number of amides is 1. The van der Waals surface area contributed by atoms with E-state index in [9.17, 15) is 13.2 Å². The second kappa shape index (κ2) is 8.97. The minimum atomic E-state index is -3.47. The quantitative estimate of drug-likeness (QED) is 0.519. The van der Waals surface area contributed by atoms with E-state index in [4.69, 9.17) is 9.15 Å². The van der Waals surface area contributed by atoms with Crippen LogP contribution in [-0.2, 0) is 14.8 Å². The van der Waals surface area contributed by atoms with Gasteiger partial charge in [0.1, 0.15) is 5.75 Å². The smallest absolute Gasteiger partial charge is 0.277 e. The third kappa shape index (κ3) is 5.72. The molecule has 0 radical (unpaired) electrons. The predicted octanol–water partition coefficient (Wildman–Crippen LogP) is 2.85. The molecule has 3 rings (SSSR count). The number of carbonyl (C=O) groups excluding carboxylic acids is 1. The summed E-state index contributed by atoms with van der Waals surface area (Å²) in [5, 5.41) is 10.8. The predicted molar refractivity (Wildman–Crippen MR) is 111 cm³/mol. The Bertz CT molecular complexity index is 1110. The van der Waals surface area contributed by atoms with Crippen LogP contribution in [0.5, 0.6) is 5.75 Å². The fourth-order valence-corrected chi connectivity index (χ4v) is 3.54. The highest BCUT2D eigenvalue weighted by Gasteiger charge is 2.16. The van der Waals surface area contributed by atoms with Crippen molar-refractivity contribution in [1.82, 2.24) is 10.2 Å². The van der Waals surface area contributed by atoms with Crippen LogP contribution in [0.2, 0.25) is 0 Å². The summed E-state index contributed by atoms with van der Waals surface area (Å²) in [4.78, 5) is 12.2. The number of rotatable bonds is 8. The first-order chi connectivity index (χ1) is 13.9. The summed E-state index contributed by atoms with van der Waals surface area (Å²) in [7, 11) is -1.94. The number of ether oxygens (including phenoxy) is 1. The molecule has 29 heavy (non-hydrogen) atoms. The van der Waals surface area contributed by atoms with Crippen LogP contribution < -0.4 is 14.8 Å². The number of nitrogens with one attached hydrogen (secondary N) is 2. The van der Waals surface area contributed by atoms with Crippen LogP contribution >= 0.6 is 11.8 Å². The van der Waals surface area contributed by atoms with Gasteiger partial charge < -0.3 is 14.5 Å². The molecule has 2 N–H and O–H groups in total. The van der Waals surface area contributed by atoms with Gasteiger partial charge in [-0.3, -0.25) is 9.52 Å². The third-order valence-corrected chi connectivity index (χ3v) is 4.98. The Hall–Kier alpha value is -3.05. The maximum Gasteiger partial charge on any atom is 0.277 e. The number of hydrogen-bond acceptors (Lipinski definition) is 8. The Labute approximate surface area is 171 Å². The van der Waals surface area contributed by atoms with Crippen molar-refractivity contribution in [2.75, 3.05) is 29.2 Å². The lowest BCUT2D eigenvalue weighted by molar-refractivity contribution is -0.113. The number of aromatic nitrogens is 2. The molecular formula is C18H18N4O5S2. The first kappa shape index (κ1) is 20.7. The maximum atomic E-state index is 12.2. The standard InChI is InChI=1S/C18H18N4O5S2/c1-26-15-10-6-5-9-14(15)19-16(23)11-28-18-21-20-17(27-18)12-7-3-4-8-13(12)22-29(2,24)25/h3-10,22H,11H2,1-2H3,(H,19,23). The van der Waals surface area contributed by atoms with Gasteiger partial charge in [0.15, 0.2) is 0 Å². The average Bonchev–Trinajstić information content (AvgIpc) is 3.15. The second-order valence-corrected chi connectivity index (χ2v) is 8.51. The number of nitrogens with zero attached hydrogens (tertiary/aromatic N) is 2. The van der Waals surface area contributed by atoms with E-state index in [1.807, 2.05) is 0 Å². The highest BCUT2D eigenvalue weighted by molar-refractivity contribution is 7.99. The molecule has 11 heteroatoms. The number of carbonyl (C=O) groups is 1.